The summed E-state index contributed by atoms with van der Waals surface area (Å²) in [6.07, 6.45) is 13.2. The van der Waals surface area contributed by atoms with Gasteiger partial charge < -0.3 is 24.4 Å². The molecule has 4 aromatic rings. The molecule has 3 amide bonds. The molecule has 314 valence electrons. The minimum atomic E-state index is -0.322. The highest BCUT2D eigenvalue weighted by Gasteiger charge is 2.30. The van der Waals surface area contributed by atoms with Crippen LogP contribution in [0.2, 0.25) is 0 Å². The highest BCUT2D eigenvalue weighted by atomic mass is 32.2. The number of oxazole rings is 1. The van der Waals surface area contributed by atoms with Crippen LogP contribution in [0.25, 0.3) is 6.08 Å². The lowest BCUT2D eigenvalue weighted by molar-refractivity contribution is -0.132. The van der Waals surface area contributed by atoms with E-state index in [1.54, 1.807) is 48.4 Å². The molecule has 2 aliphatic rings. The van der Waals surface area contributed by atoms with E-state index < -0.39 is 0 Å². The number of thioether (sulfide) groups is 1. The number of hydrogen-bond donors (Lipinski definition) is 1. The topological polar surface area (TPSA) is 149 Å². The van der Waals surface area contributed by atoms with Crippen LogP contribution in [0.5, 0.6) is 0 Å². The average molecular weight is 857 g/mol. The Morgan fingerprint density at radius 2 is 1.81 bits per heavy atom. The van der Waals surface area contributed by atoms with E-state index >= 15 is 0 Å². The van der Waals surface area contributed by atoms with E-state index in [1.165, 1.54) is 22.7 Å². The number of carbonyl (C=O) groups is 3. The van der Waals surface area contributed by atoms with Crippen molar-refractivity contribution in [2.45, 2.75) is 100 Å². The first-order valence-corrected chi connectivity index (χ1v) is 23.3. The lowest BCUT2D eigenvalue weighted by Gasteiger charge is -2.37. The number of anilines is 1. The van der Waals surface area contributed by atoms with Crippen LogP contribution in [0.3, 0.4) is 0 Å². The van der Waals surface area contributed by atoms with E-state index in [2.05, 4.69) is 71.1 Å². The van der Waals surface area contributed by atoms with Gasteiger partial charge in [0.1, 0.15) is 22.4 Å². The Labute approximate surface area is 360 Å². The molecule has 2 aliphatic heterocycles. The molecule has 1 aromatic carbocycles. The fourth-order valence-electron chi connectivity index (χ4n) is 7.63. The number of thiazole rings is 2. The number of amides is 3. The second kappa shape index (κ2) is 20.7. The van der Waals surface area contributed by atoms with Crippen LogP contribution >= 0.6 is 34.4 Å². The molecule has 0 spiro atoms. The monoisotopic (exact) mass is 856 g/mol. The third-order valence-electron chi connectivity index (χ3n) is 11.2. The third kappa shape index (κ3) is 12.3. The van der Waals surface area contributed by atoms with Gasteiger partial charge in [0.05, 0.1) is 28.4 Å². The maximum Gasteiger partial charge on any atom is 0.264 e. The highest BCUT2D eigenvalue weighted by molar-refractivity contribution is 8.00. The Kier molecular flexibility index (Phi) is 15.5. The van der Waals surface area contributed by atoms with E-state index in [0.717, 1.165) is 92.3 Å². The smallest absolute Gasteiger partial charge is 0.264 e. The molecule has 0 bridgehead atoms. The van der Waals surface area contributed by atoms with Crippen molar-refractivity contribution in [1.29, 1.82) is 5.26 Å². The number of piperidine rings is 2. The summed E-state index contributed by atoms with van der Waals surface area (Å²) in [5.41, 5.74) is 2.08. The van der Waals surface area contributed by atoms with Gasteiger partial charge in [0.2, 0.25) is 17.7 Å². The predicted octanol–water partition coefficient (Wildman–Crippen LogP) is 8.61. The van der Waals surface area contributed by atoms with E-state index in [4.69, 9.17) is 4.42 Å². The van der Waals surface area contributed by atoms with Gasteiger partial charge in [-0.05, 0) is 74.7 Å². The quantitative estimate of drug-likeness (QED) is 0.0660. The van der Waals surface area contributed by atoms with Crippen molar-refractivity contribution in [2.24, 2.45) is 11.8 Å². The summed E-state index contributed by atoms with van der Waals surface area (Å²) in [6.45, 7) is 12.8. The summed E-state index contributed by atoms with van der Waals surface area (Å²) in [7, 11) is 1.75. The van der Waals surface area contributed by atoms with Crippen molar-refractivity contribution in [2.75, 3.05) is 45.1 Å². The van der Waals surface area contributed by atoms with Crippen molar-refractivity contribution in [1.82, 2.24) is 29.7 Å². The maximum absolute atomic E-state index is 13.3. The van der Waals surface area contributed by atoms with Gasteiger partial charge in [0.25, 0.3) is 5.91 Å². The first-order chi connectivity index (χ1) is 28.4. The molecule has 0 aliphatic carbocycles. The van der Waals surface area contributed by atoms with Crippen LogP contribution in [0.4, 0.5) is 5.13 Å². The molecule has 15 heteroatoms. The zero-order chi connectivity index (χ0) is 41.9. The van der Waals surface area contributed by atoms with Crippen LogP contribution in [0.15, 0.2) is 62.4 Å². The van der Waals surface area contributed by atoms with E-state index in [-0.39, 0.29) is 40.7 Å². The SMILES string of the molecule is CCCC(c1ccc(CCC(=O)N2CCC(CN3CCC(C(=O)Nc4ncc(SCc5ncc(C(C)(C)C)o5)s4)CC3)CC2)cc1)N(C)C(=O)/C(C#N)=C/c1nccs1. The van der Waals surface area contributed by atoms with Gasteiger partial charge in [-0.3, -0.25) is 14.4 Å². The Morgan fingerprint density at radius 1 is 1.07 bits per heavy atom. The van der Waals surface area contributed by atoms with E-state index in [0.29, 0.717) is 40.5 Å². The number of aryl methyl sites for hydroxylation is 1. The second-order valence-electron chi connectivity index (χ2n) is 16.5. The number of likely N-dealkylation sites (tertiary alicyclic amines) is 2. The maximum atomic E-state index is 13.3. The minimum Gasteiger partial charge on any atom is -0.444 e. The molecule has 59 heavy (non-hydrogen) atoms. The van der Waals surface area contributed by atoms with Crippen LogP contribution in [0.1, 0.15) is 106 Å². The van der Waals surface area contributed by atoms with Crippen molar-refractivity contribution in [3.8, 4) is 6.07 Å². The largest absolute Gasteiger partial charge is 0.444 e. The van der Waals surface area contributed by atoms with Crippen molar-refractivity contribution < 1.29 is 18.8 Å². The Balaban J connectivity index is 0.877. The first-order valence-electron chi connectivity index (χ1n) is 20.6. The summed E-state index contributed by atoms with van der Waals surface area (Å²) in [4.78, 5) is 58.8. The lowest BCUT2D eigenvalue weighted by atomic mass is 9.92. The second-order valence-corrected chi connectivity index (χ2v) is 19.8. The molecular formula is C44H56N8O4S3. The zero-order valence-electron chi connectivity index (χ0n) is 34.8. The van der Waals surface area contributed by atoms with E-state index in [9.17, 15) is 19.6 Å². The van der Waals surface area contributed by atoms with Gasteiger partial charge in [-0.1, -0.05) is 69.7 Å². The normalized spacial score (nSPS) is 16.5. The standard InChI is InChI=1S/C44H56N8O4S3/c1-6-7-35(50(5)42(55)34(25-45)24-38-46-18-23-57-38)32-11-8-30(9-12-32)10-13-39(53)52-21-14-31(15-22-52)28-51-19-16-33(17-20-51)41(54)49-43-48-27-40(59-43)58-29-37-47-26-36(56-37)44(2,3)4/h8-9,11-12,18,23-24,26-27,31,33,35H,6-7,10,13-17,19-22,28-29H2,1-5H3,(H,48,49,54)/b34-24+. The van der Waals surface area contributed by atoms with Gasteiger partial charge in [-0.2, -0.15) is 5.26 Å². The summed E-state index contributed by atoms with van der Waals surface area (Å²) in [6, 6.07) is 10.1. The molecule has 0 radical (unpaired) electrons. The zero-order valence-corrected chi connectivity index (χ0v) is 37.3. The van der Waals surface area contributed by atoms with E-state index in [1.807, 2.05) is 22.4 Å². The van der Waals surface area contributed by atoms with Gasteiger partial charge in [-0.25, -0.2) is 15.0 Å². The van der Waals surface area contributed by atoms with Crippen LogP contribution < -0.4 is 5.32 Å². The number of aromatic nitrogens is 3. The minimum absolute atomic E-state index is 0.0203. The molecule has 6 rings (SSSR count). The van der Waals surface area contributed by atoms with Gasteiger partial charge in [0.15, 0.2) is 5.13 Å². The summed E-state index contributed by atoms with van der Waals surface area (Å²) < 4.78 is 6.91. The number of nitriles is 1. The molecule has 2 fully saturated rings. The summed E-state index contributed by atoms with van der Waals surface area (Å²) >= 11 is 4.47. The molecule has 1 atom stereocenters. The molecule has 1 N–H and O–H groups in total. The van der Waals surface area contributed by atoms with Gasteiger partial charge in [-0.15, -0.1) is 23.1 Å². The van der Waals surface area contributed by atoms with Crippen LogP contribution in [0, 0.1) is 23.2 Å². The molecule has 1 unspecified atom stereocenters. The summed E-state index contributed by atoms with van der Waals surface area (Å²) in [5.74, 6) is 2.62. The number of carbonyl (C=O) groups excluding carboxylic acids is 3. The number of nitrogens with one attached hydrogen (secondary N) is 1. The summed E-state index contributed by atoms with van der Waals surface area (Å²) in [5, 5.41) is 15.8. The predicted molar refractivity (Wildman–Crippen MR) is 235 cm³/mol. The van der Waals surface area contributed by atoms with Crippen molar-refractivity contribution in [3.05, 3.63) is 81.6 Å². The van der Waals surface area contributed by atoms with Gasteiger partial charge >= 0.3 is 0 Å². The molecule has 2 saturated heterocycles. The molecule has 5 heterocycles. The first kappa shape index (κ1) is 44.2. The molecular weight excluding hydrogens is 801 g/mol. The van der Waals surface area contributed by atoms with Crippen molar-refractivity contribution in [3.63, 3.8) is 0 Å². The number of hydrogen-bond acceptors (Lipinski definition) is 12. The fraction of sp³-hybridized carbons (Fsp3) is 0.523. The molecule has 12 nitrogen and oxygen atoms in total. The Bertz CT molecular complexity index is 2070. The van der Waals surface area contributed by atoms with Crippen LogP contribution in [-0.2, 0) is 32.0 Å². The average Bonchev–Trinajstić information content (AvgIpc) is 4.04. The number of benzene rings is 1. The fourth-order valence-corrected chi connectivity index (χ4v) is 9.93. The molecule has 0 saturated carbocycles. The highest BCUT2D eigenvalue weighted by Crippen LogP contribution is 2.33. The lowest BCUT2D eigenvalue weighted by Crippen LogP contribution is -2.44. The number of likely N-dealkylation sites (N-methyl/N-ethyl adjacent to an activating group) is 1. The van der Waals surface area contributed by atoms with Gasteiger partial charge in [0, 0.05) is 56.0 Å². The third-order valence-corrected chi connectivity index (χ3v) is 14.0. The van der Waals surface area contributed by atoms with Crippen LogP contribution in [-0.4, -0.2) is 87.1 Å². The number of nitrogens with zero attached hydrogens (tertiary/aromatic N) is 7. The molecule has 3 aromatic heterocycles. The Hall–Kier alpha value is -4.36. The Morgan fingerprint density at radius 3 is 2.46 bits per heavy atom. The van der Waals surface area contributed by atoms with Crippen molar-refractivity contribution >= 4 is 63.4 Å². The number of rotatable bonds is 16.